The fourth-order valence-electron chi connectivity index (χ4n) is 10.0. The molecule has 3 aromatic heterocycles. The first kappa shape index (κ1) is 46.3. The Hall–Kier alpha value is -8.09. The third kappa shape index (κ3) is 9.45. The summed E-state index contributed by atoms with van der Waals surface area (Å²) in [4.78, 5) is 11.5. The maximum Gasteiger partial charge on any atom is 0.136 e. The first-order chi connectivity index (χ1) is 35.0. The zero-order valence-electron chi connectivity index (χ0n) is 40.0. The van der Waals surface area contributed by atoms with Crippen LogP contribution in [0.3, 0.4) is 0 Å². The maximum absolute atomic E-state index is 6.27. The first-order valence-corrected chi connectivity index (χ1v) is 24.3. The van der Waals surface area contributed by atoms with Crippen molar-refractivity contribution in [3.05, 3.63) is 258 Å². The van der Waals surface area contributed by atoms with Crippen LogP contribution in [0, 0.1) is 18.2 Å². The summed E-state index contributed by atoms with van der Waals surface area (Å²) in [6.45, 7) is 0. The van der Waals surface area contributed by atoms with E-state index in [2.05, 4.69) is 204 Å². The first-order valence-electron chi connectivity index (χ1n) is 24.3. The number of fused-ring (bicyclic) bond motifs is 3. The molecule has 1 aliphatic rings. The molecule has 4 heterocycles. The molecule has 0 saturated heterocycles. The van der Waals surface area contributed by atoms with Crippen molar-refractivity contribution in [1.82, 2.24) is 19.4 Å². The number of imidazole rings is 1. The van der Waals surface area contributed by atoms with E-state index in [1.807, 2.05) is 54.7 Å². The van der Waals surface area contributed by atoms with Crippen molar-refractivity contribution < 1.29 is 24.5 Å². The van der Waals surface area contributed by atoms with Gasteiger partial charge in [-0.15, -0.1) is 59.2 Å². The van der Waals surface area contributed by atoms with E-state index >= 15 is 0 Å². The molecule has 1 unspecified atom stereocenters. The molecule has 72 heavy (non-hydrogen) atoms. The molecular weight excluding hydrogens is 1060 g/mol. The number of nitrogens with zero attached hydrogens (tertiary/aromatic N) is 5. The van der Waals surface area contributed by atoms with Crippen LogP contribution in [0.5, 0.6) is 0 Å². The fraction of sp³-hybridized carbons (Fsp3) is 0.108. The summed E-state index contributed by atoms with van der Waals surface area (Å²) in [6, 6.07) is 73.7. The molecule has 12 rings (SSSR count). The van der Waals surface area contributed by atoms with Crippen LogP contribution in [-0.2, 0) is 52.8 Å². The average molecular weight is 1110 g/mol. The Morgan fingerprint density at radius 2 is 1.22 bits per heavy atom. The number of pyridine rings is 1. The Balaban J connectivity index is 0.00000560. The van der Waals surface area contributed by atoms with Crippen LogP contribution in [0.4, 0.5) is 0 Å². The summed E-state index contributed by atoms with van der Waals surface area (Å²) in [5.41, 5.74) is 19.8. The Bertz CT molecular complexity index is 3720. The summed E-state index contributed by atoms with van der Waals surface area (Å²) in [6.07, 6.45) is 13.1. The topological polar surface area (TPSA) is 61.2 Å². The number of aryl methyl sites for hydroxylation is 5. The van der Waals surface area contributed by atoms with Crippen molar-refractivity contribution in [1.29, 1.82) is 0 Å². The van der Waals surface area contributed by atoms with E-state index in [9.17, 15) is 0 Å². The minimum absolute atomic E-state index is 0. The van der Waals surface area contributed by atoms with Gasteiger partial charge < -0.3 is 24.2 Å². The van der Waals surface area contributed by atoms with Crippen LogP contribution >= 0.6 is 0 Å². The van der Waals surface area contributed by atoms with E-state index < -0.39 is 0 Å². The SMILES string of the molecule is CN1C=C[N-]C1c1[c-]cc(CCc2cc(CCc3c[c-]c(-c4nccn4C)cc3)cc(-c3ccccc3-c3c[c-]c(-c4cc(-c5ccc6c(c5)oc5ccccc56)ccn4)cc3-c3ccccc3)c2)cc1.[Ir]. The normalized spacial score (nSPS) is 13.1. The zero-order chi connectivity index (χ0) is 47.7. The summed E-state index contributed by atoms with van der Waals surface area (Å²) in [7, 11) is 4.07. The molecule has 8 aromatic carbocycles. The summed E-state index contributed by atoms with van der Waals surface area (Å²) >= 11 is 0. The third-order valence-electron chi connectivity index (χ3n) is 13.8. The minimum atomic E-state index is -0.0120. The number of hydrogen-bond acceptors (Lipinski definition) is 4. The average Bonchev–Trinajstić information content (AvgIpc) is 4.17. The summed E-state index contributed by atoms with van der Waals surface area (Å²) < 4.78 is 8.30. The van der Waals surface area contributed by atoms with Crippen LogP contribution in [0.2, 0.25) is 0 Å². The van der Waals surface area contributed by atoms with Gasteiger partial charge in [0.2, 0.25) is 0 Å². The van der Waals surface area contributed by atoms with Crippen molar-refractivity contribution in [2.75, 3.05) is 7.05 Å². The van der Waals surface area contributed by atoms with Gasteiger partial charge in [0.1, 0.15) is 11.2 Å². The Morgan fingerprint density at radius 1 is 0.514 bits per heavy atom. The van der Waals surface area contributed by atoms with Gasteiger partial charge in [0.15, 0.2) is 0 Å². The molecule has 0 bridgehead atoms. The Labute approximate surface area is 434 Å². The van der Waals surface area contributed by atoms with Gasteiger partial charge in [-0.25, -0.2) is 0 Å². The zero-order valence-corrected chi connectivity index (χ0v) is 42.4. The van der Waals surface area contributed by atoms with Gasteiger partial charge in [0, 0.05) is 63.6 Å². The second-order valence-corrected chi connectivity index (χ2v) is 18.5. The number of aromatic nitrogens is 3. The molecule has 353 valence electrons. The van der Waals surface area contributed by atoms with Crippen molar-refractivity contribution >= 4 is 21.9 Å². The van der Waals surface area contributed by atoms with Gasteiger partial charge in [0.25, 0.3) is 0 Å². The summed E-state index contributed by atoms with van der Waals surface area (Å²) in [5.74, 6) is 0.916. The molecule has 0 spiro atoms. The standard InChI is InChI=1S/C65H49N5O.Ir/c1-69-36-34-67-64(69)49-24-20-44(21-25-49)16-18-46-38-47(19-17-45-22-26-50(27-23-45)65-68-35-37-70(65)2)40-54(39-46)55-12-6-7-13-56(55)57-30-29-53(41-60(57)48-10-4-3-5-11-48)61-42-52(32-33-66-61)51-28-31-59-58-14-8-9-15-62(58)71-63(59)43-51;/h3-15,20-24,26,28,30-43,64H,16-19H2,1-2H3;/q-4;. The number of benzene rings is 8. The molecule has 1 atom stereocenters. The monoisotopic (exact) mass is 1110 g/mol. The van der Waals surface area contributed by atoms with Crippen molar-refractivity contribution in [3.63, 3.8) is 0 Å². The predicted octanol–water partition coefficient (Wildman–Crippen LogP) is 15.5. The van der Waals surface area contributed by atoms with Crippen LogP contribution in [0.25, 0.3) is 94.4 Å². The van der Waals surface area contributed by atoms with Crippen LogP contribution in [-0.4, -0.2) is 26.5 Å². The van der Waals surface area contributed by atoms with E-state index in [0.717, 1.165) is 109 Å². The number of para-hydroxylation sites is 1. The van der Waals surface area contributed by atoms with Crippen molar-refractivity contribution in [3.8, 4) is 67.2 Å². The maximum atomic E-state index is 6.27. The molecule has 1 radical (unpaired) electrons. The molecule has 1 aliphatic heterocycles. The molecule has 0 N–H and O–H groups in total. The predicted molar refractivity (Wildman–Crippen MR) is 288 cm³/mol. The van der Waals surface area contributed by atoms with Gasteiger partial charge in [-0.3, -0.25) is 4.98 Å². The molecular formula is C65H49IrN5O-4. The number of rotatable bonds is 13. The third-order valence-corrected chi connectivity index (χ3v) is 13.8. The molecule has 0 amide bonds. The van der Waals surface area contributed by atoms with Gasteiger partial charge in [-0.1, -0.05) is 133 Å². The quantitative estimate of drug-likeness (QED) is 0.108. The smallest absolute Gasteiger partial charge is 0.136 e. The minimum Gasteiger partial charge on any atom is -0.668 e. The van der Waals surface area contributed by atoms with Gasteiger partial charge in [-0.2, -0.15) is 41.6 Å². The van der Waals surface area contributed by atoms with Crippen LogP contribution < -0.4 is 0 Å². The van der Waals surface area contributed by atoms with E-state index in [-0.39, 0.29) is 26.3 Å². The van der Waals surface area contributed by atoms with Crippen molar-refractivity contribution in [2.24, 2.45) is 7.05 Å². The molecule has 0 saturated carbocycles. The van der Waals surface area contributed by atoms with E-state index in [1.165, 1.54) is 33.4 Å². The molecule has 0 aliphatic carbocycles. The second kappa shape index (κ2) is 20.3. The second-order valence-electron chi connectivity index (χ2n) is 18.5. The van der Waals surface area contributed by atoms with Gasteiger partial charge >= 0.3 is 0 Å². The number of hydrogen-bond donors (Lipinski definition) is 0. The van der Waals surface area contributed by atoms with E-state index in [4.69, 9.17) is 9.40 Å². The molecule has 0 fully saturated rings. The Morgan fingerprint density at radius 3 is 1.96 bits per heavy atom. The molecule has 11 aromatic rings. The van der Waals surface area contributed by atoms with Crippen LogP contribution in [0.15, 0.2) is 211 Å². The van der Waals surface area contributed by atoms with Crippen molar-refractivity contribution in [2.45, 2.75) is 31.8 Å². The largest absolute Gasteiger partial charge is 0.668 e. The Kier molecular flexibility index (Phi) is 13.1. The van der Waals surface area contributed by atoms with Gasteiger partial charge in [-0.05, 0) is 94.1 Å². The summed E-state index contributed by atoms with van der Waals surface area (Å²) in [5, 5.41) is 6.85. The van der Waals surface area contributed by atoms with Crippen LogP contribution in [0.1, 0.15) is 34.0 Å². The van der Waals surface area contributed by atoms with E-state index in [1.54, 1.807) is 0 Å². The fourth-order valence-corrected chi connectivity index (χ4v) is 10.0. The number of furan rings is 1. The van der Waals surface area contributed by atoms with E-state index in [0.29, 0.717) is 0 Å². The molecule has 6 nitrogen and oxygen atoms in total. The van der Waals surface area contributed by atoms with Gasteiger partial charge in [0.05, 0.1) is 5.82 Å². The molecule has 7 heteroatoms.